The first kappa shape index (κ1) is 13.4. The number of aromatic nitrogens is 2. The second kappa shape index (κ2) is 5.29. The fourth-order valence-electron chi connectivity index (χ4n) is 1.90. The van der Waals surface area contributed by atoms with Crippen LogP contribution in [0.4, 0.5) is 0 Å². The number of likely N-dealkylation sites (N-methyl/N-ethyl adjacent to an activating group) is 1. The van der Waals surface area contributed by atoms with Crippen LogP contribution in [0.3, 0.4) is 0 Å². The van der Waals surface area contributed by atoms with Crippen molar-refractivity contribution < 1.29 is 4.79 Å². The van der Waals surface area contributed by atoms with Crippen LogP contribution in [0, 0.1) is 11.3 Å². The van der Waals surface area contributed by atoms with Gasteiger partial charge >= 0.3 is 0 Å². The molecule has 0 spiro atoms. The number of hydrogen-bond acceptors (Lipinski definition) is 3. The Balaban J connectivity index is 2.64. The second-order valence-electron chi connectivity index (χ2n) is 4.16. The van der Waals surface area contributed by atoms with E-state index >= 15 is 0 Å². The van der Waals surface area contributed by atoms with Gasteiger partial charge in [-0.15, -0.1) is 11.6 Å². The molecule has 1 amide bonds. The summed E-state index contributed by atoms with van der Waals surface area (Å²) in [6.07, 6.45) is 0. The number of amides is 1. The topological polar surface area (TPSA) is 70.7 Å². The number of nitrogens with one attached hydrogen (secondary N) is 1. The van der Waals surface area contributed by atoms with Crippen LogP contribution in [-0.2, 0) is 11.3 Å². The number of halogens is 1. The maximum Gasteiger partial charge on any atom is 0.239 e. The Kier molecular flexibility index (Phi) is 3.72. The minimum atomic E-state index is -0.317. The van der Waals surface area contributed by atoms with E-state index in [4.69, 9.17) is 16.9 Å². The molecule has 1 N–H and O–H groups in total. The highest BCUT2D eigenvalue weighted by Gasteiger charge is 2.17. The van der Waals surface area contributed by atoms with Crippen LogP contribution in [0.2, 0.25) is 0 Å². The molecule has 98 valence electrons. The number of nitrogens with zero attached hydrogens (tertiary/aromatic N) is 3. The first-order valence-corrected chi connectivity index (χ1v) is 6.25. The second-order valence-corrected chi connectivity index (χ2v) is 4.82. The summed E-state index contributed by atoms with van der Waals surface area (Å²) in [5, 5.41) is 11.2. The molecule has 0 aliphatic rings. The Morgan fingerprint density at radius 3 is 2.95 bits per heavy atom. The molecule has 19 heavy (non-hydrogen) atoms. The van der Waals surface area contributed by atoms with Crippen molar-refractivity contribution in [2.75, 3.05) is 7.05 Å². The zero-order valence-electron chi connectivity index (χ0n) is 10.6. The summed E-state index contributed by atoms with van der Waals surface area (Å²) in [4.78, 5) is 16.0. The Hall–Kier alpha value is -2.06. The molecule has 6 heteroatoms. The molecule has 5 nitrogen and oxygen atoms in total. The number of nitriles is 1. The molecule has 0 saturated carbocycles. The third kappa shape index (κ3) is 2.54. The van der Waals surface area contributed by atoms with Crippen LogP contribution >= 0.6 is 11.6 Å². The number of alkyl halides is 1. The van der Waals surface area contributed by atoms with Gasteiger partial charge in [0.05, 0.1) is 28.0 Å². The number of fused-ring (bicyclic) bond motifs is 1. The first-order valence-electron chi connectivity index (χ1n) is 5.81. The highest BCUT2D eigenvalue weighted by molar-refractivity contribution is 6.20. The summed E-state index contributed by atoms with van der Waals surface area (Å²) in [5.74, 6) is 0.482. The lowest BCUT2D eigenvalue weighted by Gasteiger charge is -2.09. The molecular formula is C13H13ClN4O. The van der Waals surface area contributed by atoms with Gasteiger partial charge in [0.1, 0.15) is 12.4 Å². The van der Waals surface area contributed by atoms with Crippen molar-refractivity contribution in [2.24, 2.45) is 0 Å². The number of benzene rings is 1. The average molecular weight is 277 g/mol. The quantitative estimate of drug-likeness (QED) is 0.871. The molecule has 1 unspecified atom stereocenters. The van der Waals surface area contributed by atoms with Crippen molar-refractivity contribution in [1.82, 2.24) is 14.9 Å². The molecule has 0 aliphatic heterocycles. The van der Waals surface area contributed by atoms with Crippen molar-refractivity contribution in [3.05, 3.63) is 29.6 Å². The van der Waals surface area contributed by atoms with Crippen LogP contribution in [0.25, 0.3) is 11.0 Å². The monoisotopic (exact) mass is 276 g/mol. The lowest BCUT2D eigenvalue weighted by Crippen LogP contribution is -2.24. The van der Waals surface area contributed by atoms with E-state index in [0.29, 0.717) is 11.4 Å². The number of carbonyl (C=O) groups is 1. The highest BCUT2D eigenvalue weighted by Crippen LogP contribution is 2.25. The number of hydrogen-bond donors (Lipinski definition) is 1. The lowest BCUT2D eigenvalue weighted by molar-refractivity contribution is -0.121. The van der Waals surface area contributed by atoms with Gasteiger partial charge in [-0.2, -0.15) is 5.26 Å². The summed E-state index contributed by atoms with van der Waals surface area (Å²) in [6, 6.07) is 7.25. The van der Waals surface area contributed by atoms with Gasteiger partial charge in [-0.1, -0.05) is 0 Å². The molecule has 1 aromatic heterocycles. The summed E-state index contributed by atoms with van der Waals surface area (Å²) < 4.78 is 1.74. The summed E-state index contributed by atoms with van der Waals surface area (Å²) >= 11 is 6.10. The average Bonchev–Trinajstić information content (AvgIpc) is 2.76. The maximum atomic E-state index is 11.6. The van der Waals surface area contributed by atoms with E-state index in [1.807, 2.05) is 0 Å². The predicted molar refractivity (Wildman–Crippen MR) is 72.8 cm³/mol. The van der Waals surface area contributed by atoms with Gasteiger partial charge in [0.2, 0.25) is 5.91 Å². The molecule has 0 bridgehead atoms. The predicted octanol–water partition coefficient (Wildman–Crippen LogP) is 1.95. The fourth-order valence-corrected chi connectivity index (χ4v) is 2.07. The van der Waals surface area contributed by atoms with Crippen LogP contribution in [-0.4, -0.2) is 22.5 Å². The standard InChI is InChI=1S/C13H13ClN4O/c1-8(14)13-17-10-4-3-9(6-15)5-11(10)18(13)7-12(19)16-2/h3-5,8H,7H2,1-2H3,(H,16,19). The van der Waals surface area contributed by atoms with E-state index in [1.165, 1.54) is 0 Å². The van der Waals surface area contributed by atoms with Crippen LogP contribution < -0.4 is 5.32 Å². The van der Waals surface area contributed by atoms with Crippen LogP contribution in [0.15, 0.2) is 18.2 Å². The summed E-state index contributed by atoms with van der Waals surface area (Å²) in [6.45, 7) is 1.93. The molecule has 0 aliphatic carbocycles. The highest BCUT2D eigenvalue weighted by atomic mass is 35.5. The lowest BCUT2D eigenvalue weighted by atomic mass is 10.2. The third-order valence-corrected chi connectivity index (χ3v) is 3.04. The summed E-state index contributed by atoms with van der Waals surface area (Å²) in [7, 11) is 1.58. The number of rotatable bonds is 3. The van der Waals surface area contributed by atoms with E-state index in [2.05, 4.69) is 16.4 Å². The largest absolute Gasteiger partial charge is 0.358 e. The van der Waals surface area contributed by atoms with Gasteiger partial charge in [0.25, 0.3) is 0 Å². The molecule has 0 fully saturated rings. The van der Waals surface area contributed by atoms with Crippen molar-refractivity contribution in [3.63, 3.8) is 0 Å². The van der Waals surface area contributed by atoms with E-state index in [0.717, 1.165) is 11.0 Å². The van der Waals surface area contributed by atoms with Crippen molar-refractivity contribution in [1.29, 1.82) is 5.26 Å². The van der Waals surface area contributed by atoms with Gasteiger partial charge < -0.3 is 9.88 Å². The van der Waals surface area contributed by atoms with E-state index in [1.54, 1.807) is 36.7 Å². The number of imidazole rings is 1. The van der Waals surface area contributed by atoms with Crippen molar-refractivity contribution in [3.8, 4) is 6.07 Å². The van der Waals surface area contributed by atoms with Gasteiger partial charge in [0.15, 0.2) is 0 Å². The van der Waals surface area contributed by atoms with Crippen molar-refractivity contribution >= 4 is 28.5 Å². The summed E-state index contributed by atoms with van der Waals surface area (Å²) in [5.41, 5.74) is 2.00. The maximum absolute atomic E-state index is 11.6. The van der Waals surface area contributed by atoms with Gasteiger partial charge in [-0.25, -0.2) is 4.98 Å². The zero-order chi connectivity index (χ0) is 14.0. The van der Waals surface area contributed by atoms with Gasteiger partial charge in [-0.05, 0) is 25.1 Å². The Bertz CT molecular complexity index is 669. The Morgan fingerprint density at radius 2 is 2.37 bits per heavy atom. The van der Waals surface area contributed by atoms with Crippen LogP contribution in [0.5, 0.6) is 0 Å². The molecular weight excluding hydrogens is 264 g/mol. The fraction of sp³-hybridized carbons (Fsp3) is 0.308. The van der Waals surface area contributed by atoms with Gasteiger partial charge in [-0.3, -0.25) is 4.79 Å². The molecule has 2 aromatic rings. The SMILES string of the molecule is CNC(=O)Cn1c(C(C)Cl)nc2ccc(C#N)cc21. The first-order chi connectivity index (χ1) is 9.06. The minimum absolute atomic E-state index is 0.133. The van der Waals surface area contributed by atoms with E-state index in [-0.39, 0.29) is 17.8 Å². The molecule has 1 heterocycles. The zero-order valence-corrected chi connectivity index (χ0v) is 11.4. The molecule has 1 aromatic carbocycles. The normalized spacial score (nSPS) is 12.1. The molecule has 1 atom stereocenters. The number of carbonyl (C=O) groups excluding carboxylic acids is 1. The van der Waals surface area contributed by atoms with E-state index in [9.17, 15) is 4.79 Å². The third-order valence-electron chi connectivity index (χ3n) is 2.84. The molecule has 0 saturated heterocycles. The smallest absolute Gasteiger partial charge is 0.239 e. The molecule has 0 radical (unpaired) electrons. The van der Waals surface area contributed by atoms with E-state index < -0.39 is 0 Å². The van der Waals surface area contributed by atoms with Crippen molar-refractivity contribution in [2.45, 2.75) is 18.8 Å². The van der Waals surface area contributed by atoms with Gasteiger partial charge in [0, 0.05) is 7.05 Å². The Labute approximate surface area is 115 Å². The molecule has 2 rings (SSSR count). The Morgan fingerprint density at radius 1 is 1.63 bits per heavy atom. The van der Waals surface area contributed by atoms with Crippen LogP contribution in [0.1, 0.15) is 23.7 Å². The minimum Gasteiger partial charge on any atom is -0.358 e.